The first kappa shape index (κ1) is 21.4. The lowest BCUT2D eigenvalue weighted by Gasteiger charge is -2.03. The van der Waals surface area contributed by atoms with E-state index in [4.69, 9.17) is 0 Å². The minimum atomic E-state index is -0.617. The van der Waals surface area contributed by atoms with Gasteiger partial charge in [-0.1, -0.05) is 44.2 Å². The summed E-state index contributed by atoms with van der Waals surface area (Å²) in [6, 6.07) is 17.7. The molecular formula is C26H24F2N2. The molecule has 4 heteroatoms. The Hall–Kier alpha value is -3.32. The Bertz CT molecular complexity index is 1050. The van der Waals surface area contributed by atoms with Crippen molar-refractivity contribution in [2.45, 2.75) is 39.5 Å². The van der Waals surface area contributed by atoms with Gasteiger partial charge in [0.1, 0.15) is 11.6 Å². The molecule has 0 amide bonds. The molecule has 0 aliphatic heterocycles. The second-order valence-corrected chi connectivity index (χ2v) is 7.05. The van der Waals surface area contributed by atoms with Gasteiger partial charge in [0.25, 0.3) is 0 Å². The summed E-state index contributed by atoms with van der Waals surface area (Å²) in [5.41, 5.74) is 3.82. The fraction of sp³-hybridized carbons (Fsp3) is 0.231. The summed E-state index contributed by atoms with van der Waals surface area (Å²) in [6.45, 7) is 4.15. The van der Waals surface area contributed by atoms with Crippen LogP contribution >= 0.6 is 0 Å². The second-order valence-electron chi connectivity index (χ2n) is 7.05. The summed E-state index contributed by atoms with van der Waals surface area (Å²) in [4.78, 5) is 0. The molecule has 3 aromatic carbocycles. The lowest BCUT2D eigenvalue weighted by atomic mass is 10.0. The molecule has 0 aliphatic rings. The van der Waals surface area contributed by atoms with Gasteiger partial charge in [0.2, 0.25) is 0 Å². The van der Waals surface area contributed by atoms with Gasteiger partial charge in [-0.25, -0.2) is 8.78 Å². The number of halogens is 2. The zero-order valence-corrected chi connectivity index (χ0v) is 17.3. The topological polar surface area (TPSA) is 24.7 Å². The van der Waals surface area contributed by atoms with Gasteiger partial charge in [0, 0.05) is 5.56 Å². The number of unbranched alkanes of at least 4 members (excludes halogenated alkanes) is 1. The highest BCUT2D eigenvalue weighted by molar-refractivity contribution is 5.49. The highest BCUT2D eigenvalue weighted by Crippen LogP contribution is 2.20. The van der Waals surface area contributed by atoms with Crippen LogP contribution < -0.4 is 0 Å². The van der Waals surface area contributed by atoms with Crippen molar-refractivity contribution in [2.75, 3.05) is 0 Å². The highest BCUT2D eigenvalue weighted by atomic mass is 19.1. The molecule has 0 bridgehead atoms. The molecule has 0 radical (unpaired) electrons. The molecule has 152 valence electrons. The number of rotatable bonds is 6. The lowest BCUT2D eigenvalue weighted by Crippen LogP contribution is -1.95. The fourth-order valence-electron chi connectivity index (χ4n) is 2.93. The van der Waals surface area contributed by atoms with Crippen LogP contribution in [0.1, 0.15) is 48.9 Å². The second kappa shape index (κ2) is 10.5. The number of nitrogens with zero attached hydrogens (tertiary/aromatic N) is 2. The van der Waals surface area contributed by atoms with Crippen LogP contribution in [0, 0.1) is 23.5 Å². The van der Waals surface area contributed by atoms with E-state index in [9.17, 15) is 8.78 Å². The quantitative estimate of drug-likeness (QED) is 0.298. The van der Waals surface area contributed by atoms with Crippen molar-refractivity contribution in [3.05, 3.63) is 94.6 Å². The lowest BCUT2D eigenvalue weighted by molar-refractivity contribution is 0.572. The summed E-state index contributed by atoms with van der Waals surface area (Å²) < 4.78 is 28.5. The third-order valence-electron chi connectivity index (χ3n) is 4.75. The maximum Gasteiger partial charge on any atom is 0.142 e. The van der Waals surface area contributed by atoms with Crippen LogP contribution in [0.5, 0.6) is 0 Å². The molecule has 0 heterocycles. The van der Waals surface area contributed by atoms with E-state index in [1.165, 1.54) is 17.7 Å². The van der Waals surface area contributed by atoms with Crippen molar-refractivity contribution < 1.29 is 8.78 Å². The van der Waals surface area contributed by atoms with E-state index < -0.39 is 11.6 Å². The predicted molar refractivity (Wildman–Crippen MR) is 117 cm³/mol. The zero-order valence-electron chi connectivity index (χ0n) is 17.3. The smallest absolute Gasteiger partial charge is 0.142 e. The number of aryl methyl sites for hydroxylation is 2. The van der Waals surface area contributed by atoms with Crippen LogP contribution in [0.3, 0.4) is 0 Å². The van der Waals surface area contributed by atoms with Crippen molar-refractivity contribution >= 4 is 11.4 Å². The van der Waals surface area contributed by atoms with E-state index >= 15 is 0 Å². The van der Waals surface area contributed by atoms with Crippen molar-refractivity contribution in [1.82, 2.24) is 0 Å². The van der Waals surface area contributed by atoms with E-state index in [1.54, 1.807) is 24.3 Å². The number of benzene rings is 3. The third-order valence-corrected chi connectivity index (χ3v) is 4.75. The van der Waals surface area contributed by atoms with Gasteiger partial charge >= 0.3 is 0 Å². The monoisotopic (exact) mass is 402 g/mol. The van der Waals surface area contributed by atoms with Gasteiger partial charge in [0.15, 0.2) is 0 Å². The van der Waals surface area contributed by atoms with Crippen molar-refractivity contribution in [2.24, 2.45) is 10.2 Å². The van der Waals surface area contributed by atoms with E-state index in [0.717, 1.165) is 24.9 Å². The van der Waals surface area contributed by atoms with Crippen LogP contribution in [-0.4, -0.2) is 0 Å². The number of hydrogen-bond acceptors (Lipinski definition) is 2. The standard InChI is InChI=1S/C26H24F2N2/c1-3-5-6-21-17-25(27)24(26(28)18-21)16-11-20-9-14-23(15-10-20)30-29-22-12-7-19(4-2)8-13-22/h7-10,12-15,17-18H,3-6H2,1-2H3. The van der Waals surface area contributed by atoms with Gasteiger partial charge in [-0.3, -0.25) is 0 Å². The molecule has 0 saturated heterocycles. The number of azo groups is 1. The first-order chi connectivity index (χ1) is 14.6. The molecule has 3 aromatic rings. The molecule has 3 rings (SSSR count). The molecule has 30 heavy (non-hydrogen) atoms. The van der Waals surface area contributed by atoms with Gasteiger partial charge < -0.3 is 0 Å². The zero-order chi connectivity index (χ0) is 21.3. The summed E-state index contributed by atoms with van der Waals surface area (Å²) in [5.74, 6) is 4.20. The molecule has 2 nitrogen and oxygen atoms in total. The van der Waals surface area contributed by atoms with Crippen LogP contribution in [0.15, 0.2) is 70.9 Å². The van der Waals surface area contributed by atoms with E-state index in [2.05, 4.69) is 29.0 Å². The fourth-order valence-corrected chi connectivity index (χ4v) is 2.93. The normalized spacial score (nSPS) is 10.8. The molecule has 0 atom stereocenters. The molecule has 0 aliphatic carbocycles. The first-order valence-corrected chi connectivity index (χ1v) is 10.2. The first-order valence-electron chi connectivity index (χ1n) is 10.2. The Morgan fingerprint density at radius 3 is 1.83 bits per heavy atom. The Morgan fingerprint density at radius 1 is 0.733 bits per heavy atom. The molecule has 0 saturated carbocycles. The van der Waals surface area contributed by atoms with E-state index in [-0.39, 0.29) is 5.56 Å². The number of hydrogen-bond donors (Lipinski definition) is 0. The van der Waals surface area contributed by atoms with E-state index in [0.29, 0.717) is 23.2 Å². The summed E-state index contributed by atoms with van der Waals surface area (Å²) >= 11 is 0. The Labute approximate surface area is 176 Å². The van der Waals surface area contributed by atoms with Crippen LogP contribution in [0.4, 0.5) is 20.2 Å². The molecule has 0 spiro atoms. The Balaban J connectivity index is 1.70. The van der Waals surface area contributed by atoms with Gasteiger partial charge in [-0.15, -0.1) is 0 Å². The van der Waals surface area contributed by atoms with Gasteiger partial charge in [-0.2, -0.15) is 10.2 Å². The van der Waals surface area contributed by atoms with Gasteiger partial charge in [-0.05, 0) is 78.9 Å². The average Bonchev–Trinajstić information content (AvgIpc) is 2.77. The SMILES string of the molecule is CCCCc1cc(F)c(C#Cc2ccc(N=Nc3ccc(CC)cc3)cc2)c(F)c1. The average molecular weight is 402 g/mol. The third kappa shape index (κ3) is 5.84. The summed E-state index contributed by atoms with van der Waals surface area (Å²) in [5, 5.41) is 8.43. The minimum Gasteiger partial charge on any atom is -0.206 e. The molecule has 0 aromatic heterocycles. The van der Waals surface area contributed by atoms with Crippen molar-refractivity contribution in [1.29, 1.82) is 0 Å². The minimum absolute atomic E-state index is 0.200. The van der Waals surface area contributed by atoms with Crippen LogP contribution in [0.25, 0.3) is 0 Å². The van der Waals surface area contributed by atoms with Crippen molar-refractivity contribution in [3.63, 3.8) is 0 Å². The molecule has 0 N–H and O–H groups in total. The Morgan fingerprint density at radius 2 is 1.30 bits per heavy atom. The summed E-state index contributed by atoms with van der Waals surface area (Å²) in [6.07, 6.45) is 3.52. The molecule has 0 fully saturated rings. The maximum atomic E-state index is 14.2. The van der Waals surface area contributed by atoms with Crippen LogP contribution in [-0.2, 0) is 12.8 Å². The Kier molecular flexibility index (Phi) is 7.45. The van der Waals surface area contributed by atoms with E-state index in [1.807, 2.05) is 31.2 Å². The molecular weight excluding hydrogens is 378 g/mol. The van der Waals surface area contributed by atoms with Crippen molar-refractivity contribution in [3.8, 4) is 11.8 Å². The van der Waals surface area contributed by atoms with Gasteiger partial charge in [0.05, 0.1) is 16.9 Å². The summed E-state index contributed by atoms with van der Waals surface area (Å²) in [7, 11) is 0. The highest BCUT2D eigenvalue weighted by Gasteiger charge is 2.09. The maximum absolute atomic E-state index is 14.2. The molecule has 0 unspecified atom stereocenters. The largest absolute Gasteiger partial charge is 0.206 e. The van der Waals surface area contributed by atoms with Crippen LogP contribution in [0.2, 0.25) is 0 Å². The predicted octanol–water partition coefficient (Wildman–Crippen LogP) is 7.69.